The van der Waals surface area contributed by atoms with E-state index in [-0.39, 0.29) is 12.0 Å². The molecule has 2 fully saturated rings. The number of carbonyl (C=O) groups is 2. The lowest BCUT2D eigenvalue weighted by Gasteiger charge is -2.33. The largest absolute Gasteiger partial charge is 0.480 e. The third kappa shape index (κ3) is 3.34. The highest BCUT2D eigenvalue weighted by Gasteiger charge is 2.47. The predicted octanol–water partition coefficient (Wildman–Crippen LogP) is 2.11. The van der Waals surface area contributed by atoms with Crippen LogP contribution in [0.15, 0.2) is 23.1 Å². The van der Waals surface area contributed by atoms with Crippen LogP contribution in [0, 0.1) is 5.92 Å². The number of fused-ring (bicyclic) bond motifs is 1. The van der Waals surface area contributed by atoms with Crippen LogP contribution in [0.25, 0.3) is 0 Å². The van der Waals surface area contributed by atoms with Crippen LogP contribution in [0.4, 0.5) is 13.2 Å². The van der Waals surface area contributed by atoms with E-state index in [1.165, 1.54) is 4.90 Å². The molecule has 1 aromatic heterocycles. The molecule has 3 atom stereocenters. The Labute approximate surface area is 147 Å². The molecule has 1 aliphatic heterocycles. The topological polar surface area (TPSA) is 79.6 Å². The zero-order valence-electron chi connectivity index (χ0n) is 13.9. The molecule has 1 saturated carbocycles. The van der Waals surface area contributed by atoms with E-state index in [2.05, 4.69) is 0 Å². The van der Waals surface area contributed by atoms with Gasteiger partial charge in [0.15, 0.2) is 0 Å². The first kappa shape index (κ1) is 18.5. The number of hydrogen-bond donors (Lipinski definition) is 1. The SMILES string of the molecule is O=C(O)[C@@H]1C[C@@H]2CCCC[C@@H]2N1C(=O)Cn1cccc(C(F)(F)F)c1=O. The molecule has 1 N–H and O–H groups in total. The number of carboxylic acids is 1. The smallest absolute Gasteiger partial charge is 0.421 e. The number of likely N-dealkylation sites (tertiary alicyclic amines) is 1. The Morgan fingerprint density at radius 3 is 2.58 bits per heavy atom. The summed E-state index contributed by atoms with van der Waals surface area (Å²) in [5.41, 5.74) is -2.65. The van der Waals surface area contributed by atoms with E-state index >= 15 is 0 Å². The summed E-state index contributed by atoms with van der Waals surface area (Å²) in [5.74, 6) is -1.66. The fourth-order valence-corrected chi connectivity index (χ4v) is 4.14. The average Bonchev–Trinajstić information content (AvgIpc) is 2.95. The summed E-state index contributed by atoms with van der Waals surface area (Å²) in [6.07, 6.45) is 0.0145. The molecule has 1 amide bonds. The highest BCUT2D eigenvalue weighted by atomic mass is 19.4. The van der Waals surface area contributed by atoms with Gasteiger partial charge in [0.1, 0.15) is 18.2 Å². The van der Waals surface area contributed by atoms with Crippen LogP contribution >= 0.6 is 0 Å². The van der Waals surface area contributed by atoms with E-state index in [4.69, 9.17) is 0 Å². The maximum absolute atomic E-state index is 12.9. The second-order valence-corrected chi connectivity index (χ2v) is 6.86. The van der Waals surface area contributed by atoms with Crippen LogP contribution < -0.4 is 5.56 Å². The number of amides is 1. The van der Waals surface area contributed by atoms with Crippen LogP contribution in [-0.2, 0) is 22.3 Å². The number of aromatic nitrogens is 1. The van der Waals surface area contributed by atoms with E-state index in [0.717, 1.165) is 31.5 Å². The Hall–Kier alpha value is -2.32. The van der Waals surface area contributed by atoms with Gasteiger partial charge in [-0.2, -0.15) is 13.2 Å². The molecule has 0 unspecified atom stereocenters. The van der Waals surface area contributed by atoms with Crippen molar-refractivity contribution < 1.29 is 27.9 Å². The third-order valence-corrected chi connectivity index (χ3v) is 5.29. The van der Waals surface area contributed by atoms with Gasteiger partial charge in [-0.1, -0.05) is 12.8 Å². The molecule has 0 aromatic carbocycles. The molecule has 142 valence electrons. The molecule has 1 aromatic rings. The number of alkyl halides is 3. The number of carbonyl (C=O) groups excluding carboxylic acids is 1. The summed E-state index contributed by atoms with van der Waals surface area (Å²) in [7, 11) is 0. The summed E-state index contributed by atoms with van der Waals surface area (Å²) >= 11 is 0. The second-order valence-electron chi connectivity index (χ2n) is 6.86. The van der Waals surface area contributed by atoms with Gasteiger partial charge in [0.2, 0.25) is 5.91 Å². The zero-order valence-corrected chi connectivity index (χ0v) is 13.9. The molecule has 3 rings (SSSR count). The van der Waals surface area contributed by atoms with Crippen molar-refractivity contribution in [2.24, 2.45) is 5.92 Å². The van der Waals surface area contributed by atoms with Crippen molar-refractivity contribution in [3.63, 3.8) is 0 Å². The number of nitrogens with zero attached hydrogens (tertiary/aromatic N) is 2. The molecule has 26 heavy (non-hydrogen) atoms. The number of aliphatic carboxylic acids is 1. The van der Waals surface area contributed by atoms with Crippen LogP contribution in [0.2, 0.25) is 0 Å². The van der Waals surface area contributed by atoms with E-state index in [0.29, 0.717) is 23.5 Å². The summed E-state index contributed by atoms with van der Waals surface area (Å²) < 4.78 is 39.3. The first-order valence-corrected chi connectivity index (χ1v) is 8.50. The van der Waals surface area contributed by atoms with Crippen LogP contribution in [-0.4, -0.2) is 38.5 Å². The van der Waals surface area contributed by atoms with Gasteiger partial charge in [-0.05, 0) is 37.3 Å². The van der Waals surface area contributed by atoms with E-state index in [9.17, 15) is 32.7 Å². The predicted molar refractivity (Wildman–Crippen MR) is 84.3 cm³/mol. The molecule has 6 nitrogen and oxygen atoms in total. The molecule has 0 spiro atoms. The first-order valence-electron chi connectivity index (χ1n) is 8.50. The van der Waals surface area contributed by atoms with E-state index in [1.807, 2.05) is 0 Å². The van der Waals surface area contributed by atoms with Gasteiger partial charge in [-0.25, -0.2) is 4.79 Å². The summed E-state index contributed by atoms with van der Waals surface area (Å²) in [6, 6.07) is 0.506. The number of halogens is 3. The number of hydrogen-bond acceptors (Lipinski definition) is 3. The molecule has 1 aliphatic carbocycles. The maximum atomic E-state index is 12.9. The number of carboxylic acid groups (broad SMARTS) is 1. The van der Waals surface area contributed by atoms with Gasteiger partial charge in [-0.3, -0.25) is 9.59 Å². The molecular formula is C17H19F3N2O4. The fraction of sp³-hybridized carbons (Fsp3) is 0.588. The molecule has 2 aliphatic rings. The third-order valence-electron chi connectivity index (χ3n) is 5.29. The highest BCUT2D eigenvalue weighted by Crippen LogP contribution is 2.40. The second kappa shape index (κ2) is 6.77. The Morgan fingerprint density at radius 1 is 1.23 bits per heavy atom. The van der Waals surface area contributed by atoms with Gasteiger partial charge >= 0.3 is 12.1 Å². The molecule has 9 heteroatoms. The van der Waals surface area contributed by atoms with Gasteiger partial charge in [0, 0.05) is 12.2 Å². The monoisotopic (exact) mass is 372 g/mol. The minimum atomic E-state index is -4.81. The summed E-state index contributed by atoms with van der Waals surface area (Å²) in [5, 5.41) is 9.44. The quantitative estimate of drug-likeness (QED) is 0.881. The lowest BCUT2D eigenvalue weighted by Crippen LogP contribution is -2.48. The molecule has 0 radical (unpaired) electrons. The average molecular weight is 372 g/mol. The molecular weight excluding hydrogens is 353 g/mol. The minimum Gasteiger partial charge on any atom is -0.480 e. The summed E-state index contributed by atoms with van der Waals surface area (Å²) in [6.45, 7) is -0.601. The van der Waals surface area contributed by atoms with Gasteiger partial charge in [0.25, 0.3) is 5.56 Å². The van der Waals surface area contributed by atoms with Crippen molar-refractivity contribution in [2.45, 2.75) is 56.9 Å². The van der Waals surface area contributed by atoms with E-state index in [1.54, 1.807) is 0 Å². The van der Waals surface area contributed by atoms with Crippen molar-refractivity contribution in [3.05, 3.63) is 34.2 Å². The van der Waals surface area contributed by atoms with Crippen LogP contribution in [0.5, 0.6) is 0 Å². The number of pyridine rings is 1. The van der Waals surface area contributed by atoms with E-state index < -0.39 is 41.8 Å². The van der Waals surface area contributed by atoms with Gasteiger partial charge < -0.3 is 14.6 Å². The lowest BCUT2D eigenvalue weighted by molar-refractivity contribution is -0.150. The Morgan fingerprint density at radius 2 is 1.92 bits per heavy atom. The van der Waals surface area contributed by atoms with Crippen LogP contribution in [0.1, 0.15) is 37.7 Å². The van der Waals surface area contributed by atoms with Crippen molar-refractivity contribution in [3.8, 4) is 0 Å². The maximum Gasteiger partial charge on any atom is 0.421 e. The normalized spacial score (nSPS) is 25.8. The molecule has 2 heterocycles. The van der Waals surface area contributed by atoms with Crippen molar-refractivity contribution in [1.82, 2.24) is 9.47 Å². The van der Waals surface area contributed by atoms with Crippen LogP contribution in [0.3, 0.4) is 0 Å². The van der Waals surface area contributed by atoms with Crippen molar-refractivity contribution >= 4 is 11.9 Å². The summed E-state index contributed by atoms with van der Waals surface area (Å²) in [4.78, 5) is 37.6. The van der Waals surface area contributed by atoms with Gasteiger partial charge in [0.05, 0.1) is 0 Å². The Balaban J connectivity index is 1.87. The van der Waals surface area contributed by atoms with Crippen molar-refractivity contribution in [2.75, 3.05) is 0 Å². The standard InChI is InChI=1S/C17H19F3N2O4/c18-17(19,20)11-5-3-7-21(15(11)24)9-14(23)22-12-6-2-1-4-10(12)8-13(22)16(25)26/h3,5,7,10,12-13H,1-2,4,6,8-9H2,(H,25,26)/t10-,12-,13-/m0/s1. The first-order chi connectivity index (χ1) is 12.2. The lowest BCUT2D eigenvalue weighted by atomic mass is 9.85. The van der Waals surface area contributed by atoms with Gasteiger partial charge in [-0.15, -0.1) is 0 Å². The molecule has 0 bridgehead atoms. The van der Waals surface area contributed by atoms with Crippen molar-refractivity contribution in [1.29, 1.82) is 0 Å². The number of rotatable bonds is 3. The Kier molecular flexibility index (Phi) is 4.81. The minimum absolute atomic E-state index is 0.0898. The highest BCUT2D eigenvalue weighted by molar-refractivity contribution is 5.84. The molecule has 1 saturated heterocycles. The Bertz CT molecular complexity index is 774. The zero-order chi connectivity index (χ0) is 19.1. The fourth-order valence-electron chi connectivity index (χ4n) is 4.14.